The van der Waals surface area contributed by atoms with Crippen LogP contribution in [0.25, 0.3) is 0 Å². The number of allylic oxidation sites excluding steroid dienone is 2. The third-order valence-electron chi connectivity index (χ3n) is 2.59. The maximum absolute atomic E-state index is 11.4. The zero-order chi connectivity index (χ0) is 11.4. The van der Waals surface area contributed by atoms with Gasteiger partial charge in [0.1, 0.15) is 0 Å². The summed E-state index contributed by atoms with van der Waals surface area (Å²) in [5.41, 5.74) is 8.13. The molecule has 0 unspecified atom stereocenters. The minimum Gasteiger partial charge on any atom is -0.305 e. The predicted octanol–water partition coefficient (Wildman–Crippen LogP) is 2.49. The summed E-state index contributed by atoms with van der Waals surface area (Å²) in [6, 6.07) is 9.85. The molecule has 84 valence electrons. The van der Waals surface area contributed by atoms with Gasteiger partial charge in [0.15, 0.2) is 5.78 Å². The topological polar surface area (TPSA) is 41.1 Å². The Kier molecular flexibility index (Phi) is 3.25. The SMILES string of the molecule is C[C@H]1CC(=O)C=C(NNc2ccccc2)C1. The molecule has 1 aromatic rings. The van der Waals surface area contributed by atoms with E-state index in [-0.39, 0.29) is 5.78 Å². The Morgan fingerprint density at radius 2 is 1.88 bits per heavy atom. The Morgan fingerprint density at radius 1 is 1.12 bits per heavy atom. The van der Waals surface area contributed by atoms with Crippen LogP contribution in [0, 0.1) is 5.92 Å². The van der Waals surface area contributed by atoms with Crippen molar-refractivity contribution in [2.75, 3.05) is 5.43 Å². The van der Waals surface area contributed by atoms with Gasteiger partial charge in [-0.1, -0.05) is 25.1 Å². The number of rotatable bonds is 3. The van der Waals surface area contributed by atoms with E-state index in [1.807, 2.05) is 30.3 Å². The van der Waals surface area contributed by atoms with Gasteiger partial charge < -0.3 is 10.9 Å². The van der Waals surface area contributed by atoms with Gasteiger partial charge in [-0.2, -0.15) is 0 Å². The molecule has 2 N–H and O–H groups in total. The Labute approximate surface area is 95.5 Å². The molecule has 0 fully saturated rings. The predicted molar refractivity (Wildman–Crippen MR) is 64.7 cm³/mol. The number of carbonyl (C=O) groups excluding carboxylic acids is 1. The van der Waals surface area contributed by atoms with Crippen LogP contribution in [0.2, 0.25) is 0 Å². The molecule has 0 spiro atoms. The molecule has 3 nitrogen and oxygen atoms in total. The van der Waals surface area contributed by atoms with Crippen LogP contribution in [0.3, 0.4) is 0 Å². The van der Waals surface area contributed by atoms with Crippen molar-refractivity contribution in [1.82, 2.24) is 5.43 Å². The van der Waals surface area contributed by atoms with E-state index in [4.69, 9.17) is 0 Å². The van der Waals surface area contributed by atoms with E-state index in [9.17, 15) is 4.79 Å². The quantitative estimate of drug-likeness (QED) is 0.763. The summed E-state index contributed by atoms with van der Waals surface area (Å²) in [5, 5.41) is 0. The Bertz CT molecular complexity index is 398. The first kappa shape index (κ1) is 10.7. The van der Waals surface area contributed by atoms with Crippen LogP contribution in [0.5, 0.6) is 0 Å². The lowest BCUT2D eigenvalue weighted by Gasteiger charge is -2.20. The van der Waals surface area contributed by atoms with E-state index in [0.29, 0.717) is 12.3 Å². The Hall–Kier alpha value is -1.77. The van der Waals surface area contributed by atoms with Gasteiger partial charge in [-0.05, 0) is 24.5 Å². The molecule has 16 heavy (non-hydrogen) atoms. The van der Waals surface area contributed by atoms with Crippen molar-refractivity contribution in [3.05, 3.63) is 42.1 Å². The minimum absolute atomic E-state index is 0.205. The van der Waals surface area contributed by atoms with Crippen LogP contribution in [-0.4, -0.2) is 5.78 Å². The molecule has 0 aliphatic heterocycles. The molecule has 3 heteroatoms. The summed E-state index contributed by atoms with van der Waals surface area (Å²) in [6.07, 6.45) is 3.28. The minimum atomic E-state index is 0.205. The molecule has 1 aliphatic rings. The van der Waals surface area contributed by atoms with Gasteiger partial charge >= 0.3 is 0 Å². The fourth-order valence-corrected chi connectivity index (χ4v) is 1.86. The van der Waals surface area contributed by atoms with Gasteiger partial charge in [-0.25, -0.2) is 0 Å². The molecular weight excluding hydrogens is 200 g/mol. The van der Waals surface area contributed by atoms with Crippen LogP contribution in [0.15, 0.2) is 42.1 Å². The molecule has 0 amide bonds. The molecule has 0 heterocycles. The van der Waals surface area contributed by atoms with Crippen LogP contribution >= 0.6 is 0 Å². The number of hydrogen-bond donors (Lipinski definition) is 2. The van der Waals surface area contributed by atoms with Crippen molar-refractivity contribution in [3.63, 3.8) is 0 Å². The molecule has 1 aliphatic carbocycles. The second-order valence-corrected chi connectivity index (χ2v) is 4.27. The van der Waals surface area contributed by atoms with E-state index >= 15 is 0 Å². The van der Waals surface area contributed by atoms with E-state index in [0.717, 1.165) is 17.8 Å². The third kappa shape index (κ3) is 2.86. The average Bonchev–Trinajstić information content (AvgIpc) is 2.27. The lowest BCUT2D eigenvalue weighted by molar-refractivity contribution is -0.115. The van der Waals surface area contributed by atoms with Gasteiger partial charge in [0.05, 0.1) is 5.69 Å². The number of nitrogens with one attached hydrogen (secondary N) is 2. The van der Waals surface area contributed by atoms with Crippen molar-refractivity contribution >= 4 is 11.5 Å². The fourth-order valence-electron chi connectivity index (χ4n) is 1.86. The average molecular weight is 216 g/mol. The molecule has 0 saturated heterocycles. The van der Waals surface area contributed by atoms with Gasteiger partial charge in [0.2, 0.25) is 0 Å². The van der Waals surface area contributed by atoms with E-state index in [2.05, 4.69) is 17.8 Å². The van der Waals surface area contributed by atoms with Crippen molar-refractivity contribution in [1.29, 1.82) is 0 Å². The van der Waals surface area contributed by atoms with Crippen molar-refractivity contribution in [2.24, 2.45) is 5.92 Å². The van der Waals surface area contributed by atoms with Crippen molar-refractivity contribution in [2.45, 2.75) is 19.8 Å². The largest absolute Gasteiger partial charge is 0.305 e. The molecule has 0 aromatic heterocycles. The zero-order valence-electron chi connectivity index (χ0n) is 9.36. The van der Waals surface area contributed by atoms with Gasteiger partial charge in [0.25, 0.3) is 0 Å². The second-order valence-electron chi connectivity index (χ2n) is 4.27. The summed E-state index contributed by atoms with van der Waals surface area (Å²) in [6.45, 7) is 2.09. The lowest BCUT2D eigenvalue weighted by atomic mass is 9.93. The molecule has 1 atom stereocenters. The van der Waals surface area contributed by atoms with Gasteiger partial charge in [-0.3, -0.25) is 4.79 Å². The summed E-state index contributed by atoms with van der Waals surface area (Å²) >= 11 is 0. The van der Waals surface area contributed by atoms with Crippen molar-refractivity contribution < 1.29 is 4.79 Å². The number of hydrogen-bond acceptors (Lipinski definition) is 3. The van der Waals surface area contributed by atoms with Crippen molar-refractivity contribution in [3.8, 4) is 0 Å². The molecule has 0 bridgehead atoms. The molecule has 2 rings (SSSR count). The zero-order valence-corrected chi connectivity index (χ0v) is 9.36. The smallest absolute Gasteiger partial charge is 0.157 e. The van der Waals surface area contributed by atoms with Crippen LogP contribution in [0.1, 0.15) is 19.8 Å². The molecule has 0 radical (unpaired) electrons. The van der Waals surface area contributed by atoms with Crippen LogP contribution in [0.4, 0.5) is 5.69 Å². The monoisotopic (exact) mass is 216 g/mol. The van der Waals surface area contributed by atoms with Gasteiger partial charge in [0, 0.05) is 18.2 Å². The first-order valence-corrected chi connectivity index (χ1v) is 5.54. The molecule has 1 aromatic carbocycles. The number of carbonyl (C=O) groups is 1. The van der Waals surface area contributed by atoms with Crippen LogP contribution < -0.4 is 10.9 Å². The highest BCUT2D eigenvalue weighted by Gasteiger charge is 2.16. The summed E-state index contributed by atoms with van der Waals surface area (Å²) in [7, 11) is 0. The highest BCUT2D eigenvalue weighted by atomic mass is 16.1. The number of para-hydroxylation sites is 1. The first-order chi connectivity index (χ1) is 7.74. The second kappa shape index (κ2) is 4.84. The summed E-state index contributed by atoms with van der Waals surface area (Å²) in [4.78, 5) is 11.4. The van der Waals surface area contributed by atoms with E-state index in [1.165, 1.54) is 0 Å². The highest BCUT2D eigenvalue weighted by molar-refractivity contribution is 5.91. The number of ketones is 1. The fraction of sp³-hybridized carbons (Fsp3) is 0.308. The van der Waals surface area contributed by atoms with E-state index in [1.54, 1.807) is 6.08 Å². The summed E-state index contributed by atoms with van der Waals surface area (Å²) < 4.78 is 0. The Balaban J connectivity index is 1.93. The standard InChI is InChI=1S/C13H16N2O/c1-10-7-12(9-13(16)8-10)15-14-11-5-3-2-4-6-11/h2-6,9-10,14-15H,7-8H2,1H3/t10-/m1/s1. The third-order valence-corrected chi connectivity index (χ3v) is 2.59. The number of anilines is 1. The molecule has 0 saturated carbocycles. The molecular formula is C13H16N2O. The van der Waals surface area contributed by atoms with Gasteiger partial charge in [-0.15, -0.1) is 0 Å². The lowest BCUT2D eigenvalue weighted by Crippen LogP contribution is -2.26. The van der Waals surface area contributed by atoms with E-state index < -0.39 is 0 Å². The maximum Gasteiger partial charge on any atom is 0.157 e. The first-order valence-electron chi connectivity index (χ1n) is 5.54. The maximum atomic E-state index is 11.4. The number of hydrazine groups is 1. The van der Waals surface area contributed by atoms with Crippen LogP contribution in [-0.2, 0) is 4.79 Å². The normalized spacial score (nSPS) is 20.2. The number of benzene rings is 1. The summed E-state index contributed by atoms with van der Waals surface area (Å²) in [5.74, 6) is 0.633. The highest BCUT2D eigenvalue weighted by Crippen LogP contribution is 2.19. The Morgan fingerprint density at radius 3 is 2.56 bits per heavy atom.